The molecule has 2 atom stereocenters. The van der Waals surface area contributed by atoms with Gasteiger partial charge in [0.05, 0.1) is 6.10 Å². The van der Waals surface area contributed by atoms with Crippen molar-refractivity contribution < 1.29 is 4.74 Å². The molecule has 3 heteroatoms. The van der Waals surface area contributed by atoms with Gasteiger partial charge in [0.25, 0.3) is 0 Å². The standard InChI is InChI=1S/C14H28N2O/c1-12(8-9-15-13-6-7-13)16(2)11-14-5-3-4-10-17-14/h12-15H,3-11H2,1-2H3. The summed E-state index contributed by atoms with van der Waals surface area (Å²) in [5.74, 6) is 0. The van der Waals surface area contributed by atoms with E-state index in [2.05, 4.69) is 24.2 Å². The van der Waals surface area contributed by atoms with Gasteiger partial charge in [0.15, 0.2) is 0 Å². The van der Waals surface area contributed by atoms with Crippen molar-refractivity contribution in [1.82, 2.24) is 10.2 Å². The lowest BCUT2D eigenvalue weighted by Crippen LogP contribution is -2.39. The first-order chi connectivity index (χ1) is 8.25. The second-order valence-corrected chi connectivity index (χ2v) is 5.79. The van der Waals surface area contributed by atoms with Gasteiger partial charge in [-0.3, -0.25) is 0 Å². The maximum absolute atomic E-state index is 5.79. The molecular weight excluding hydrogens is 212 g/mol. The van der Waals surface area contributed by atoms with Crippen LogP contribution in [0.3, 0.4) is 0 Å². The lowest BCUT2D eigenvalue weighted by molar-refractivity contribution is -0.00744. The number of rotatable bonds is 7. The van der Waals surface area contributed by atoms with Gasteiger partial charge < -0.3 is 15.0 Å². The molecule has 0 aromatic rings. The molecule has 1 heterocycles. The van der Waals surface area contributed by atoms with Gasteiger partial charge in [-0.05, 0) is 59.0 Å². The minimum atomic E-state index is 0.479. The summed E-state index contributed by atoms with van der Waals surface area (Å²) in [7, 11) is 2.24. The van der Waals surface area contributed by atoms with E-state index < -0.39 is 0 Å². The van der Waals surface area contributed by atoms with E-state index in [1.807, 2.05) is 0 Å². The monoisotopic (exact) mass is 240 g/mol. The zero-order valence-electron chi connectivity index (χ0n) is 11.5. The highest BCUT2D eigenvalue weighted by Crippen LogP contribution is 2.19. The molecule has 1 saturated carbocycles. The summed E-state index contributed by atoms with van der Waals surface area (Å²) in [5, 5.41) is 3.59. The van der Waals surface area contributed by atoms with Gasteiger partial charge in [-0.15, -0.1) is 0 Å². The molecule has 0 aromatic carbocycles. The van der Waals surface area contributed by atoms with E-state index >= 15 is 0 Å². The summed E-state index contributed by atoms with van der Waals surface area (Å²) in [4.78, 5) is 2.46. The smallest absolute Gasteiger partial charge is 0.0702 e. The minimum absolute atomic E-state index is 0.479. The largest absolute Gasteiger partial charge is 0.377 e. The average Bonchev–Trinajstić information content (AvgIpc) is 3.14. The highest BCUT2D eigenvalue weighted by Gasteiger charge is 2.21. The second-order valence-electron chi connectivity index (χ2n) is 5.79. The van der Waals surface area contributed by atoms with Crippen molar-refractivity contribution in [2.24, 2.45) is 0 Å². The van der Waals surface area contributed by atoms with E-state index in [1.54, 1.807) is 0 Å². The predicted molar refractivity (Wildman–Crippen MR) is 71.3 cm³/mol. The van der Waals surface area contributed by atoms with E-state index in [9.17, 15) is 0 Å². The first-order valence-corrected chi connectivity index (χ1v) is 7.31. The van der Waals surface area contributed by atoms with Crippen molar-refractivity contribution in [1.29, 1.82) is 0 Å². The fraction of sp³-hybridized carbons (Fsp3) is 1.00. The van der Waals surface area contributed by atoms with Gasteiger partial charge in [0.1, 0.15) is 0 Å². The zero-order valence-corrected chi connectivity index (χ0v) is 11.5. The molecule has 0 bridgehead atoms. The Morgan fingerprint density at radius 1 is 1.29 bits per heavy atom. The van der Waals surface area contributed by atoms with Crippen LogP contribution in [0.2, 0.25) is 0 Å². The third kappa shape index (κ3) is 4.94. The molecule has 0 aromatic heterocycles. The Hall–Kier alpha value is -0.120. The van der Waals surface area contributed by atoms with Crippen LogP contribution in [0.15, 0.2) is 0 Å². The molecule has 2 unspecified atom stereocenters. The number of nitrogens with one attached hydrogen (secondary N) is 1. The van der Waals surface area contributed by atoms with Crippen LogP contribution in [0.25, 0.3) is 0 Å². The van der Waals surface area contributed by atoms with E-state index in [0.29, 0.717) is 12.1 Å². The Morgan fingerprint density at radius 3 is 2.76 bits per heavy atom. The number of hydrogen-bond donors (Lipinski definition) is 1. The maximum Gasteiger partial charge on any atom is 0.0702 e. The Kier molecular flexibility index (Phi) is 5.26. The van der Waals surface area contributed by atoms with Crippen molar-refractivity contribution in [3.05, 3.63) is 0 Å². The van der Waals surface area contributed by atoms with Gasteiger partial charge in [0, 0.05) is 25.2 Å². The quantitative estimate of drug-likeness (QED) is 0.737. The fourth-order valence-electron chi connectivity index (χ4n) is 2.46. The second kappa shape index (κ2) is 6.72. The number of nitrogens with zero attached hydrogens (tertiary/aromatic N) is 1. The summed E-state index contributed by atoms with van der Waals surface area (Å²) < 4.78 is 5.79. The molecule has 1 saturated heterocycles. The molecule has 2 fully saturated rings. The third-order valence-corrected chi connectivity index (χ3v) is 4.09. The lowest BCUT2D eigenvalue weighted by Gasteiger charge is -2.31. The van der Waals surface area contributed by atoms with Crippen molar-refractivity contribution in [3.63, 3.8) is 0 Å². The lowest BCUT2D eigenvalue weighted by atomic mass is 10.1. The van der Waals surface area contributed by atoms with Crippen molar-refractivity contribution in [2.75, 3.05) is 26.7 Å². The molecule has 0 radical (unpaired) electrons. The molecule has 2 aliphatic rings. The van der Waals surface area contributed by atoms with E-state index in [-0.39, 0.29) is 0 Å². The normalized spacial score (nSPS) is 27.4. The summed E-state index contributed by atoms with van der Waals surface area (Å²) >= 11 is 0. The fourth-order valence-corrected chi connectivity index (χ4v) is 2.46. The van der Waals surface area contributed by atoms with Crippen LogP contribution in [-0.2, 0) is 4.74 Å². The van der Waals surface area contributed by atoms with Crippen LogP contribution < -0.4 is 5.32 Å². The van der Waals surface area contributed by atoms with Crippen LogP contribution in [0.4, 0.5) is 0 Å². The Bertz CT molecular complexity index is 212. The summed E-state index contributed by atoms with van der Waals surface area (Å²) in [6.07, 6.45) is 8.35. The Balaban J connectivity index is 1.57. The SMILES string of the molecule is CC(CCNC1CC1)N(C)CC1CCCCO1. The molecule has 0 amide bonds. The van der Waals surface area contributed by atoms with Crippen LogP contribution in [0.1, 0.15) is 45.4 Å². The van der Waals surface area contributed by atoms with Gasteiger partial charge in [0.2, 0.25) is 0 Å². The average molecular weight is 240 g/mol. The van der Waals surface area contributed by atoms with Crippen molar-refractivity contribution >= 4 is 0 Å². The third-order valence-electron chi connectivity index (χ3n) is 4.09. The highest BCUT2D eigenvalue weighted by atomic mass is 16.5. The van der Waals surface area contributed by atoms with Gasteiger partial charge in [-0.25, -0.2) is 0 Å². The van der Waals surface area contributed by atoms with Crippen molar-refractivity contribution in [3.8, 4) is 0 Å². The van der Waals surface area contributed by atoms with Crippen LogP contribution in [0.5, 0.6) is 0 Å². The molecule has 1 N–H and O–H groups in total. The Morgan fingerprint density at radius 2 is 2.12 bits per heavy atom. The van der Waals surface area contributed by atoms with Gasteiger partial charge in [-0.1, -0.05) is 0 Å². The summed E-state index contributed by atoms with van der Waals surface area (Å²) in [6.45, 7) is 5.57. The van der Waals surface area contributed by atoms with E-state index in [1.165, 1.54) is 45.1 Å². The number of hydrogen-bond acceptors (Lipinski definition) is 3. The number of likely N-dealkylation sites (N-methyl/N-ethyl adjacent to an activating group) is 1. The summed E-state index contributed by atoms with van der Waals surface area (Å²) in [6, 6.07) is 1.50. The van der Waals surface area contributed by atoms with E-state index in [0.717, 1.165) is 19.2 Å². The van der Waals surface area contributed by atoms with Crippen LogP contribution >= 0.6 is 0 Å². The molecule has 0 spiro atoms. The van der Waals surface area contributed by atoms with Gasteiger partial charge in [-0.2, -0.15) is 0 Å². The minimum Gasteiger partial charge on any atom is -0.377 e. The van der Waals surface area contributed by atoms with Crippen LogP contribution in [-0.4, -0.2) is 49.8 Å². The van der Waals surface area contributed by atoms with E-state index in [4.69, 9.17) is 4.74 Å². The first-order valence-electron chi connectivity index (χ1n) is 7.31. The van der Waals surface area contributed by atoms with Gasteiger partial charge >= 0.3 is 0 Å². The molecule has 2 rings (SSSR count). The molecule has 3 nitrogen and oxygen atoms in total. The molecule has 100 valence electrons. The first kappa shape index (κ1) is 13.3. The van der Waals surface area contributed by atoms with Crippen LogP contribution in [0, 0.1) is 0 Å². The topological polar surface area (TPSA) is 24.5 Å². The molecule has 1 aliphatic heterocycles. The predicted octanol–water partition coefficient (Wildman–Crippen LogP) is 2.02. The Labute approximate surface area is 106 Å². The zero-order chi connectivity index (χ0) is 12.1. The molecular formula is C14H28N2O. The summed E-state index contributed by atoms with van der Waals surface area (Å²) in [5.41, 5.74) is 0. The molecule has 1 aliphatic carbocycles. The van der Waals surface area contributed by atoms with Crippen molar-refractivity contribution in [2.45, 2.75) is 63.6 Å². The maximum atomic E-state index is 5.79. The highest BCUT2D eigenvalue weighted by molar-refractivity contribution is 4.81. The number of ether oxygens (including phenoxy) is 1. The molecule has 17 heavy (non-hydrogen) atoms.